The lowest BCUT2D eigenvalue weighted by Crippen LogP contribution is -2.31. The van der Waals surface area contributed by atoms with Gasteiger partial charge in [-0.1, -0.05) is 27.7 Å². The Hall–Kier alpha value is -0.0800. The van der Waals surface area contributed by atoms with Crippen molar-refractivity contribution in [3.8, 4) is 0 Å². The molecule has 0 fully saturated rings. The van der Waals surface area contributed by atoms with Crippen LogP contribution in [-0.2, 0) is 0 Å². The van der Waals surface area contributed by atoms with Gasteiger partial charge in [-0.2, -0.15) is 0 Å². The highest BCUT2D eigenvalue weighted by Gasteiger charge is 2.19. The summed E-state index contributed by atoms with van der Waals surface area (Å²) in [6.07, 6.45) is -0.452. The highest BCUT2D eigenvalue weighted by atomic mass is 16.3. The summed E-state index contributed by atoms with van der Waals surface area (Å²) in [6, 6.07) is 0. The molecule has 0 unspecified atom stereocenters. The van der Waals surface area contributed by atoms with Gasteiger partial charge < -0.3 is 10.2 Å². The van der Waals surface area contributed by atoms with Gasteiger partial charge in [-0.3, -0.25) is 0 Å². The van der Waals surface area contributed by atoms with Gasteiger partial charge in [-0.15, -0.1) is 0 Å². The average molecular weight is 160 g/mol. The van der Waals surface area contributed by atoms with Crippen molar-refractivity contribution in [2.45, 2.75) is 46.3 Å². The van der Waals surface area contributed by atoms with E-state index in [0.29, 0.717) is 12.3 Å². The van der Waals surface area contributed by atoms with E-state index in [2.05, 4.69) is 0 Å². The Morgan fingerprint density at radius 2 is 1.45 bits per heavy atom. The highest BCUT2D eigenvalue weighted by molar-refractivity contribution is 4.71. The summed E-state index contributed by atoms with van der Waals surface area (Å²) in [5, 5.41) is 18.8. The van der Waals surface area contributed by atoms with Crippen molar-refractivity contribution in [1.29, 1.82) is 0 Å². The van der Waals surface area contributed by atoms with Gasteiger partial charge in [0.1, 0.15) is 0 Å². The molecule has 0 spiro atoms. The first-order valence-corrected chi connectivity index (χ1v) is 4.31. The molecule has 0 aliphatic heterocycles. The second-order valence-electron chi connectivity index (χ2n) is 3.93. The summed E-state index contributed by atoms with van der Waals surface area (Å²) in [6.45, 7) is 7.90. The lowest BCUT2D eigenvalue weighted by molar-refractivity contribution is -0.0180. The van der Waals surface area contributed by atoms with Crippen LogP contribution in [0.5, 0.6) is 0 Å². The first-order valence-electron chi connectivity index (χ1n) is 4.31. The Morgan fingerprint density at radius 1 is 1.00 bits per heavy atom. The third-order valence-electron chi connectivity index (χ3n) is 1.79. The molecule has 0 amide bonds. The third-order valence-corrected chi connectivity index (χ3v) is 1.79. The quantitative estimate of drug-likeness (QED) is 0.653. The van der Waals surface area contributed by atoms with Gasteiger partial charge in [0, 0.05) is 0 Å². The molecule has 0 heterocycles. The van der Waals surface area contributed by atoms with E-state index in [4.69, 9.17) is 0 Å². The Labute approximate surface area is 69.2 Å². The average Bonchev–Trinajstić information content (AvgIpc) is 1.84. The molecule has 68 valence electrons. The third kappa shape index (κ3) is 4.38. The van der Waals surface area contributed by atoms with Gasteiger partial charge in [-0.05, 0) is 18.3 Å². The molecule has 0 aromatic heterocycles. The summed E-state index contributed by atoms with van der Waals surface area (Å²) < 4.78 is 0. The maximum absolute atomic E-state index is 9.41. The van der Waals surface area contributed by atoms with Gasteiger partial charge in [-0.25, -0.2) is 0 Å². The van der Waals surface area contributed by atoms with Crippen LogP contribution in [0.4, 0.5) is 0 Å². The predicted octanol–water partition coefficient (Wildman–Crippen LogP) is 1.41. The monoisotopic (exact) mass is 160 g/mol. The predicted molar refractivity (Wildman–Crippen MR) is 46.3 cm³/mol. The maximum Gasteiger partial charge on any atom is 0.0822 e. The molecule has 0 rings (SSSR count). The zero-order valence-corrected chi connectivity index (χ0v) is 7.91. The molecule has 2 atom stereocenters. The largest absolute Gasteiger partial charge is 0.390 e. The second-order valence-corrected chi connectivity index (χ2v) is 3.93. The molecule has 0 aromatic rings. The molecule has 2 heteroatoms. The van der Waals surface area contributed by atoms with E-state index >= 15 is 0 Å². The molecule has 2 N–H and O–H groups in total. The van der Waals surface area contributed by atoms with Crippen LogP contribution in [0.3, 0.4) is 0 Å². The summed E-state index contributed by atoms with van der Waals surface area (Å²) >= 11 is 0. The molecular weight excluding hydrogens is 140 g/mol. The molecule has 0 aliphatic carbocycles. The summed E-state index contributed by atoms with van der Waals surface area (Å²) in [4.78, 5) is 0. The maximum atomic E-state index is 9.41. The normalized spacial score (nSPS) is 17.5. The van der Waals surface area contributed by atoms with Gasteiger partial charge in [0.05, 0.1) is 12.2 Å². The van der Waals surface area contributed by atoms with Crippen LogP contribution in [-0.4, -0.2) is 22.4 Å². The SMILES string of the molecule is CC(C)C[C@H](O)[C@@H](O)C(C)C. The first kappa shape index (κ1) is 10.9. The Balaban J connectivity index is 3.73. The smallest absolute Gasteiger partial charge is 0.0822 e. The topological polar surface area (TPSA) is 40.5 Å². The zero-order valence-electron chi connectivity index (χ0n) is 7.91. The standard InChI is InChI=1S/C9H20O2/c1-6(2)5-8(10)9(11)7(3)4/h6-11H,5H2,1-4H3/t8-,9-/m0/s1. The molecule has 0 radical (unpaired) electrons. The van der Waals surface area contributed by atoms with Crippen LogP contribution < -0.4 is 0 Å². The van der Waals surface area contributed by atoms with Crippen molar-refractivity contribution in [1.82, 2.24) is 0 Å². The summed E-state index contributed by atoms with van der Waals surface area (Å²) in [5.74, 6) is 0.585. The molecule has 11 heavy (non-hydrogen) atoms. The van der Waals surface area contributed by atoms with Gasteiger partial charge in [0.25, 0.3) is 0 Å². The van der Waals surface area contributed by atoms with Crippen molar-refractivity contribution in [3.63, 3.8) is 0 Å². The van der Waals surface area contributed by atoms with Crippen molar-refractivity contribution in [2.75, 3.05) is 0 Å². The van der Waals surface area contributed by atoms with Crippen molar-refractivity contribution in [3.05, 3.63) is 0 Å². The van der Waals surface area contributed by atoms with E-state index in [0.717, 1.165) is 0 Å². The van der Waals surface area contributed by atoms with Gasteiger partial charge >= 0.3 is 0 Å². The number of hydrogen-bond acceptors (Lipinski definition) is 2. The summed E-state index contributed by atoms with van der Waals surface area (Å²) in [5.41, 5.74) is 0. The van der Waals surface area contributed by atoms with E-state index in [1.807, 2.05) is 27.7 Å². The van der Waals surface area contributed by atoms with Crippen LogP contribution in [0, 0.1) is 11.8 Å². The highest BCUT2D eigenvalue weighted by Crippen LogP contribution is 2.13. The lowest BCUT2D eigenvalue weighted by Gasteiger charge is -2.22. The second kappa shape index (κ2) is 4.73. The van der Waals surface area contributed by atoms with Crippen LogP contribution in [0.1, 0.15) is 34.1 Å². The van der Waals surface area contributed by atoms with E-state index in [9.17, 15) is 10.2 Å². The lowest BCUT2D eigenvalue weighted by atomic mass is 9.95. The fourth-order valence-corrected chi connectivity index (χ4v) is 1.07. The molecule has 0 saturated heterocycles. The molecule has 2 nitrogen and oxygen atoms in total. The number of rotatable bonds is 4. The Bertz CT molecular complexity index is 99.7. The van der Waals surface area contributed by atoms with E-state index in [1.54, 1.807) is 0 Å². The first-order chi connectivity index (χ1) is 4.95. The molecule has 0 bridgehead atoms. The van der Waals surface area contributed by atoms with E-state index in [-0.39, 0.29) is 5.92 Å². The number of aliphatic hydroxyl groups is 2. The molecule has 0 aromatic carbocycles. The van der Waals surface area contributed by atoms with Gasteiger partial charge in [0.15, 0.2) is 0 Å². The minimum atomic E-state index is -0.572. The molecule has 0 saturated carbocycles. The Morgan fingerprint density at radius 3 is 1.73 bits per heavy atom. The van der Waals surface area contributed by atoms with Crippen molar-refractivity contribution in [2.24, 2.45) is 11.8 Å². The zero-order chi connectivity index (χ0) is 9.02. The van der Waals surface area contributed by atoms with Crippen LogP contribution in [0.25, 0.3) is 0 Å². The minimum Gasteiger partial charge on any atom is -0.390 e. The van der Waals surface area contributed by atoms with Crippen LogP contribution >= 0.6 is 0 Å². The number of hydrogen-bond donors (Lipinski definition) is 2. The van der Waals surface area contributed by atoms with Crippen molar-refractivity contribution < 1.29 is 10.2 Å². The molecular formula is C9H20O2. The fourth-order valence-electron chi connectivity index (χ4n) is 1.07. The molecule has 0 aliphatic rings. The van der Waals surface area contributed by atoms with Crippen LogP contribution in [0.2, 0.25) is 0 Å². The summed E-state index contributed by atoms with van der Waals surface area (Å²) in [7, 11) is 0. The fraction of sp³-hybridized carbons (Fsp3) is 1.00. The number of aliphatic hydroxyl groups excluding tert-OH is 2. The van der Waals surface area contributed by atoms with E-state index < -0.39 is 12.2 Å². The Kier molecular flexibility index (Phi) is 4.69. The van der Waals surface area contributed by atoms with Gasteiger partial charge in [0.2, 0.25) is 0 Å². The van der Waals surface area contributed by atoms with Crippen LogP contribution in [0.15, 0.2) is 0 Å². The van der Waals surface area contributed by atoms with Crippen molar-refractivity contribution >= 4 is 0 Å². The van der Waals surface area contributed by atoms with E-state index in [1.165, 1.54) is 0 Å². The minimum absolute atomic E-state index is 0.142.